The number of allylic oxidation sites excluding steroid dienone is 5. The van der Waals surface area contributed by atoms with Crippen LogP contribution in [0, 0.1) is 13.8 Å². The Labute approximate surface area is 250 Å². The van der Waals surface area contributed by atoms with Crippen molar-refractivity contribution < 1.29 is 19.4 Å². The molecule has 220 valence electrons. The van der Waals surface area contributed by atoms with Gasteiger partial charge in [-0.25, -0.2) is 9.97 Å². The van der Waals surface area contributed by atoms with Gasteiger partial charge in [0.1, 0.15) is 0 Å². The number of aromatic amines is 2. The van der Waals surface area contributed by atoms with Crippen LogP contribution >= 0.6 is 0 Å². The lowest BCUT2D eigenvalue weighted by Gasteiger charge is -2.03. The number of hydrogen-bond donors (Lipinski definition) is 3. The second kappa shape index (κ2) is 11.7. The largest absolute Gasteiger partial charge is 0.481 e. The van der Waals surface area contributed by atoms with Gasteiger partial charge >= 0.3 is 11.9 Å². The number of fused-ring (bicyclic) bond motifs is 8. The normalized spacial score (nSPS) is 13.0. The van der Waals surface area contributed by atoms with E-state index in [0.717, 1.165) is 83.7 Å². The lowest BCUT2D eigenvalue weighted by atomic mass is 10.0. The molecule has 0 fully saturated rings. The lowest BCUT2D eigenvalue weighted by Crippen LogP contribution is -2.02. The van der Waals surface area contributed by atoms with Crippen LogP contribution in [-0.4, -0.2) is 44.1 Å². The molecule has 3 N–H and O–H groups in total. The first-order valence-corrected chi connectivity index (χ1v) is 14.3. The molecule has 0 atom stereocenters. The molecule has 43 heavy (non-hydrogen) atoms. The molecule has 5 rings (SSSR count). The Balaban J connectivity index is 1.92. The first kappa shape index (κ1) is 29.5. The standard InChI is InChI=1S/C35H36N4O4/c1-8-22-18(3)26-14-27-20(5)24(10-12-34(40)41)32(38-27)17-33-25(11-13-35(42)43-7)21(6)29(39-33)16-31-23(9-2)19(4)28(37-31)15-30(22)36-26/h8-9,14-17,36,39H,1-2,10-13H2,3-7H3,(H,40,41). The minimum absolute atomic E-state index is 0.0134. The molecular formula is C35H36N4O4. The van der Waals surface area contributed by atoms with Crippen molar-refractivity contribution >= 4 is 62.4 Å². The summed E-state index contributed by atoms with van der Waals surface area (Å²) in [4.78, 5) is 40.8. The Kier molecular flexibility index (Phi) is 8.04. The van der Waals surface area contributed by atoms with Gasteiger partial charge in [0, 0.05) is 46.0 Å². The maximum Gasteiger partial charge on any atom is 0.305 e. The van der Waals surface area contributed by atoms with Crippen LogP contribution in [0.1, 0.15) is 78.1 Å². The molecule has 0 spiro atoms. The Bertz CT molecular complexity index is 1930. The summed E-state index contributed by atoms with van der Waals surface area (Å²) >= 11 is 0. The van der Waals surface area contributed by atoms with E-state index in [-0.39, 0.29) is 18.8 Å². The van der Waals surface area contributed by atoms with Gasteiger partial charge in [0.05, 0.1) is 29.9 Å². The van der Waals surface area contributed by atoms with E-state index in [4.69, 9.17) is 14.7 Å². The quantitative estimate of drug-likeness (QED) is 0.238. The predicted octanol–water partition coefficient (Wildman–Crippen LogP) is 7.59. The van der Waals surface area contributed by atoms with Crippen LogP contribution in [0.5, 0.6) is 0 Å². The van der Waals surface area contributed by atoms with E-state index in [0.29, 0.717) is 18.5 Å². The van der Waals surface area contributed by atoms with Crippen LogP contribution in [0.3, 0.4) is 0 Å². The number of esters is 1. The molecule has 8 nitrogen and oxygen atoms in total. The van der Waals surface area contributed by atoms with Gasteiger partial charge < -0.3 is 19.8 Å². The van der Waals surface area contributed by atoms with Crippen molar-refractivity contribution in [3.63, 3.8) is 0 Å². The summed E-state index contributed by atoms with van der Waals surface area (Å²) in [6, 6.07) is 8.01. The number of aliphatic carboxylic acids is 1. The van der Waals surface area contributed by atoms with Crippen LogP contribution in [0.4, 0.5) is 0 Å². The Morgan fingerprint density at radius 2 is 1.40 bits per heavy atom. The predicted molar refractivity (Wildman–Crippen MR) is 173 cm³/mol. The minimum atomic E-state index is -0.868. The molecule has 8 bridgehead atoms. The topological polar surface area (TPSA) is 121 Å². The van der Waals surface area contributed by atoms with E-state index in [1.165, 1.54) is 7.11 Å². The fraction of sp³-hybridized carbons (Fsp3) is 0.257. The first-order chi connectivity index (χ1) is 20.6. The van der Waals surface area contributed by atoms with E-state index >= 15 is 0 Å². The summed E-state index contributed by atoms with van der Waals surface area (Å²) in [5, 5.41) is 9.48. The Morgan fingerprint density at radius 1 is 0.791 bits per heavy atom. The van der Waals surface area contributed by atoms with Crippen LogP contribution < -0.4 is 0 Å². The zero-order chi connectivity index (χ0) is 31.0. The van der Waals surface area contributed by atoms with Gasteiger partial charge in [-0.1, -0.05) is 25.3 Å². The third kappa shape index (κ3) is 5.48. The third-order valence-corrected chi connectivity index (χ3v) is 8.44. The number of methoxy groups -OCH3 is 1. The Morgan fingerprint density at radius 3 is 2.07 bits per heavy atom. The van der Waals surface area contributed by atoms with Gasteiger partial charge in [-0.2, -0.15) is 0 Å². The summed E-state index contributed by atoms with van der Waals surface area (Å²) in [6.45, 7) is 16.2. The fourth-order valence-electron chi connectivity index (χ4n) is 5.87. The molecule has 2 aliphatic heterocycles. The first-order valence-electron chi connectivity index (χ1n) is 14.3. The molecule has 5 heterocycles. The number of aromatic nitrogens is 4. The van der Waals surface area contributed by atoms with E-state index in [2.05, 4.69) is 23.1 Å². The van der Waals surface area contributed by atoms with Crippen LogP contribution in [-0.2, 0) is 20.7 Å². The minimum Gasteiger partial charge on any atom is -0.481 e. The highest BCUT2D eigenvalue weighted by atomic mass is 16.5. The number of nitrogens with one attached hydrogen (secondary N) is 2. The number of carbonyl (C=O) groups is 2. The van der Waals surface area contributed by atoms with Crippen molar-refractivity contribution in [2.45, 2.75) is 53.4 Å². The summed E-state index contributed by atoms with van der Waals surface area (Å²) in [6.07, 6.45) is 4.67. The van der Waals surface area contributed by atoms with Gasteiger partial charge in [-0.3, -0.25) is 9.59 Å². The highest BCUT2D eigenvalue weighted by molar-refractivity contribution is 5.98. The number of carboxylic acid groups (broad SMARTS) is 1. The second-order valence-corrected chi connectivity index (χ2v) is 10.9. The molecule has 3 aromatic heterocycles. The molecule has 0 saturated carbocycles. The summed E-state index contributed by atoms with van der Waals surface area (Å²) in [5.74, 6) is -1.16. The zero-order valence-electron chi connectivity index (χ0n) is 25.3. The van der Waals surface area contributed by atoms with Crippen molar-refractivity contribution in [1.82, 2.24) is 19.9 Å². The number of aryl methyl sites for hydroxylation is 3. The van der Waals surface area contributed by atoms with Crippen LogP contribution in [0.2, 0.25) is 0 Å². The number of rotatable bonds is 8. The molecular weight excluding hydrogens is 540 g/mol. The summed E-state index contributed by atoms with van der Waals surface area (Å²) in [7, 11) is 1.39. The van der Waals surface area contributed by atoms with Crippen molar-refractivity contribution in [2.75, 3.05) is 7.11 Å². The van der Waals surface area contributed by atoms with Crippen molar-refractivity contribution in [2.24, 2.45) is 0 Å². The molecule has 0 aliphatic carbocycles. The molecule has 8 heteroatoms. The van der Waals surface area contributed by atoms with E-state index < -0.39 is 5.97 Å². The second-order valence-electron chi connectivity index (χ2n) is 10.9. The van der Waals surface area contributed by atoms with Crippen molar-refractivity contribution in [3.05, 3.63) is 88.5 Å². The summed E-state index contributed by atoms with van der Waals surface area (Å²) < 4.78 is 4.92. The number of carbonyl (C=O) groups excluding carboxylic acids is 1. The van der Waals surface area contributed by atoms with Crippen molar-refractivity contribution in [3.8, 4) is 0 Å². The van der Waals surface area contributed by atoms with E-state index in [9.17, 15) is 14.7 Å². The highest BCUT2D eigenvalue weighted by Gasteiger charge is 2.21. The van der Waals surface area contributed by atoms with Crippen LogP contribution in [0.25, 0.3) is 50.4 Å². The number of carboxylic acids is 1. The van der Waals surface area contributed by atoms with Gasteiger partial charge in [0.2, 0.25) is 0 Å². The fourth-order valence-corrected chi connectivity index (χ4v) is 5.87. The average molecular weight is 577 g/mol. The molecule has 3 aromatic rings. The maximum absolute atomic E-state index is 12.1. The molecule has 0 saturated heterocycles. The summed E-state index contributed by atoms with van der Waals surface area (Å²) in [5.41, 5.74) is 14.2. The lowest BCUT2D eigenvalue weighted by molar-refractivity contribution is -0.140. The highest BCUT2D eigenvalue weighted by Crippen LogP contribution is 2.36. The van der Waals surface area contributed by atoms with E-state index in [1.54, 1.807) is 0 Å². The van der Waals surface area contributed by atoms with E-state index in [1.807, 2.05) is 64.1 Å². The molecule has 0 unspecified atom stereocenters. The van der Waals surface area contributed by atoms with Crippen molar-refractivity contribution in [1.29, 1.82) is 0 Å². The molecule has 2 aliphatic rings. The maximum atomic E-state index is 12.1. The van der Waals surface area contributed by atoms with Gasteiger partial charge in [0.15, 0.2) is 0 Å². The molecule has 0 amide bonds. The van der Waals surface area contributed by atoms with Crippen LogP contribution in [0.15, 0.2) is 43.5 Å². The van der Waals surface area contributed by atoms with Gasteiger partial charge in [-0.15, -0.1) is 0 Å². The monoisotopic (exact) mass is 576 g/mol. The average Bonchev–Trinajstić information content (AvgIpc) is 3.63. The van der Waals surface area contributed by atoms with Gasteiger partial charge in [-0.05, 0) is 98.2 Å². The number of hydrogen-bond acceptors (Lipinski definition) is 5. The SMILES string of the molecule is C=CC1=C(C)c2cc3[nH]c(cc4nc(cc5[nH]c(cc1n2)c(C)c5CCC(=O)OC)C(CCC(=O)O)=C4C)c(C)c3C=C. The smallest absolute Gasteiger partial charge is 0.305 e. The third-order valence-electron chi connectivity index (χ3n) is 8.44. The molecule has 0 radical (unpaired) electrons. The number of nitrogens with zero attached hydrogens (tertiary/aromatic N) is 2. The van der Waals surface area contributed by atoms with Gasteiger partial charge in [0.25, 0.3) is 0 Å². The molecule has 0 aromatic carbocycles. The number of H-pyrrole nitrogens is 2. The zero-order valence-corrected chi connectivity index (χ0v) is 25.3. The Hall–Kier alpha value is -4.98. The number of ether oxygens (including phenoxy) is 1.